The van der Waals surface area contributed by atoms with Crippen LogP contribution in [0.2, 0.25) is 0 Å². The van der Waals surface area contributed by atoms with Gasteiger partial charge in [0.25, 0.3) is 11.6 Å². The van der Waals surface area contributed by atoms with Crippen LogP contribution >= 0.6 is 11.8 Å². The van der Waals surface area contributed by atoms with Crippen molar-refractivity contribution in [1.29, 1.82) is 0 Å². The molecule has 1 atom stereocenters. The Morgan fingerprint density at radius 1 is 1.23 bits per heavy atom. The van der Waals surface area contributed by atoms with Crippen LogP contribution in [0.5, 0.6) is 0 Å². The van der Waals surface area contributed by atoms with Crippen LogP contribution < -0.4 is 5.32 Å². The zero-order valence-electron chi connectivity index (χ0n) is 14.3. The molecule has 0 aliphatic carbocycles. The number of anilines is 1. The topological polar surface area (TPSA) is 98.5 Å². The van der Waals surface area contributed by atoms with Gasteiger partial charge in [-0.3, -0.25) is 19.7 Å². The van der Waals surface area contributed by atoms with E-state index in [-0.39, 0.29) is 11.4 Å². The molecule has 0 spiro atoms. The van der Waals surface area contributed by atoms with Crippen LogP contribution in [0, 0.1) is 17.0 Å². The van der Waals surface area contributed by atoms with E-state index in [0.717, 1.165) is 5.56 Å². The number of non-ortho nitro benzene ring substituents is 1. The second kappa shape index (κ2) is 9.00. The van der Waals surface area contributed by atoms with Crippen LogP contribution in [0.25, 0.3) is 0 Å². The van der Waals surface area contributed by atoms with Crippen molar-refractivity contribution in [1.82, 2.24) is 0 Å². The lowest BCUT2D eigenvalue weighted by molar-refractivity contribution is -0.384. The number of esters is 1. The lowest BCUT2D eigenvalue weighted by Gasteiger charge is -2.13. The average molecular weight is 374 g/mol. The summed E-state index contributed by atoms with van der Waals surface area (Å²) in [6.45, 7) is 3.41. The highest BCUT2D eigenvalue weighted by molar-refractivity contribution is 8.00. The number of thioether (sulfide) groups is 1. The Kier molecular flexibility index (Phi) is 6.74. The second-order valence-electron chi connectivity index (χ2n) is 5.53. The number of benzene rings is 2. The fourth-order valence-electron chi connectivity index (χ4n) is 2.06. The number of nitrogens with one attached hydrogen (secondary N) is 1. The summed E-state index contributed by atoms with van der Waals surface area (Å²) in [7, 11) is 0. The van der Waals surface area contributed by atoms with E-state index in [1.165, 1.54) is 30.8 Å². The van der Waals surface area contributed by atoms with Crippen molar-refractivity contribution < 1.29 is 19.2 Å². The molecule has 0 bridgehead atoms. The average Bonchev–Trinajstić information content (AvgIpc) is 2.60. The molecule has 2 rings (SSSR count). The molecule has 0 saturated heterocycles. The fraction of sp³-hybridized carbons (Fsp3) is 0.222. The predicted octanol–water partition coefficient (Wildman–Crippen LogP) is 3.57. The Morgan fingerprint density at radius 2 is 1.92 bits per heavy atom. The minimum atomic E-state index is -0.930. The molecule has 0 fully saturated rings. The van der Waals surface area contributed by atoms with Gasteiger partial charge in [0, 0.05) is 22.7 Å². The first kappa shape index (κ1) is 19.5. The lowest BCUT2D eigenvalue weighted by atomic mass is 10.2. The summed E-state index contributed by atoms with van der Waals surface area (Å²) in [5.74, 6) is -0.954. The maximum absolute atomic E-state index is 12.1. The van der Waals surface area contributed by atoms with Gasteiger partial charge < -0.3 is 10.1 Å². The van der Waals surface area contributed by atoms with Gasteiger partial charge in [0.2, 0.25) is 0 Å². The fourth-order valence-corrected chi connectivity index (χ4v) is 2.74. The van der Waals surface area contributed by atoms with Gasteiger partial charge in [-0.1, -0.05) is 12.1 Å². The summed E-state index contributed by atoms with van der Waals surface area (Å²) in [6, 6.07) is 13.2. The number of nitro groups is 1. The molecule has 1 amide bonds. The second-order valence-corrected chi connectivity index (χ2v) is 6.58. The molecule has 0 saturated carbocycles. The molecule has 0 aliphatic heterocycles. The number of nitrogens with zero attached hydrogens (tertiary/aromatic N) is 1. The quantitative estimate of drug-likeness (QED) is 0.344. The molecular weight excluding hydrogens is 356 g/mol. The first-order valence-corrected chi connectivity index (χ1v) is 8.78. The van der Waals surface area contributed by atoms with Gasteiger partial charge >= 0.3 is 5.97 Å². The van der Waals surface area contributed by atoms with E-state index in [9.17, 15) is 19.7 Å². The molecular formula is C18H18N2O5S. The van der Waals surface area contributed by atoms with E-state index in [1.807, 2.05) is 25.1 Å². The minimum absolute atomic E-state index is 0.000123. The summed E-state index contributed by atoms with van der Waals surface area (Å²) >= 11 is 1.18. The van der Waals surface area contributed by atoms with Crippen molar-refractivity contribution in [3.63, 3.8) is 0 Å². The van der Waals surface area contributed by atoms with E-state index in [1.54, 1.807) is 18.2 Å². The van der Waals surface area contributed by atoms with Crippen molar-refractivity contribution in [3.8, 4) is 0 Å². The van der Waals surface area contributed by atoms with Crippen molar-refractivity contribution >= 4 is 35.0 Å². The predicted molar refractivity (Wildman–Crippen MR) is 99.2 cm³/mol. The number of hydrogen-bond donors (Lipinski definition) is 1. The lowest BCUT2D eigenvalue weighted by Crippen LogP contribution is -2.30. The molecule has 1 N–H and O–H groups in total. The third-order valence-corrected chi connectivity index (χ3v) is 4.35. The van der Waals surface area contributed by atoms with Gasteiger partial charge in [0.05, 0.1) is 10.7 Å². The smallest absolute Gasteiger partial charge is 0.317 e. The van der Waals surface area contributed by atoms with Crippen LogP contribution in [-0.4, -0.2) is 28.7 Å². The molecule has 8 heteroatoms. The Hall–Kier alpha value is -2.87. The number of rotatable bonds is 7. The first-order chi connectivity index (χ1) is 12.3. The maximum atomic E-state index is 12.1. The van der Waals surface area contributed by atoms with Gasteiger partial charge in [-0.15, -0.1) is 11.8 Å². The third kappa shape index (κ3) is 5.89. The zero-order chi connectivity index (χ0) is 19.1. The van der Waals surface area contributed by atoms with Gasteiger partial charge in [0.15, 0.2) is 6.10 Å². The summed E-state index contributed by atoms with van der Waals surface area (Å²) in [4.78, 5) is 34.8. The van der Waals surface area contributed by atoms with E-state index < -0.39 is 22.9 Å². The van der Waals surface area contributed by atoms with Crippen LogP contribution in [0.1, 0.15) is 12.5 Å². The monoisotopic (exact) mass is 374 g/mol. The molecule has 2 aromatic rings. The number of aryl methyl sites for hydroxylation is 1. The summed E-state index contributed by atoms with van der Waals surface area (Å²) in [6.07, 6.45) is -0.930. The van der Waals surface area contributed by atoms with Crippen LogP contribution in [0.4, 0.5) is 11.4 Å². The van der Waals surface area contributed by atoms with Gasteiger partial charge in [-0.25, -0.2) is 0 Å². The van der Waals surface area contributed by atoms with E-state index in [4.69, 9.17) is 4.74 Å². The molecule has 0 aromatic heterocycles. The van der Waals surface area contributed by atoms with Gasteiger partial charge in [0.1, 0.15) is 0 Å². The molecule has 0 radical (unpaired) electrons. The van der Waals surface area contributed by atoms with E-state index in [2.05, 4.69) is 5.32 Å². The Balaban J connectivity index is 1.80. The molecule has 0 unspecified atom stereocenters. The van der Waals surface area contributed by atoms with E-state index >= 15 is 0 Å². The van der Waals surface area contributed by atoms with Crippen molar-refractivity contribution in [3.05, 3.63) is 64.2 Å². The summed E-state index contributed by atoms with van der Waals surface area (Å²) < 4.78 is 5.12. The number of amides is 1. The van der Waals surface area contributed by atoms with E-state index in [0.29, 0.717) is 10.6 Å². The number of hydrogen-bond acceptors (Lipinski definition) is 6. The zero-order valence-corrected chi connectivity index (χ0v) is 15.1. The van der Waals surface area contributed by atoms with Crippen molar-refractivity contribution in [2.24, 2.45) is 0 Å². The molecule has 7 nitrogen and oxygen atoms in total. The van der Waals surface area contributed by atoms with Crippen LogP contribution in [0.15, 0.2) is 53.4 Å². The molecule has 0 aliphatic rings. The van der Waals surface area contributed by atoms with Gasteiger partial charge in [-0.2, -0.15) is 0 Å². The SMILES string of the molecule is Cc1cccc(NC(=O)[C@@H](C)OC(=O)CSc2ccc([N+](=O)[O-])cc2)c1. The maximum Gasteiger partial charge on any atom is 0.317 e. The number of ether oxygens (including phenoxy) is 1. The largest absolute Gasteiger partial charge is 0.452 e. The standard InChI is InChI=1S/C18H18N2O5S/c1-12-4-3-5-14(10-12)19-18(22)13(2)25-17(21)11-26-16-8-6-15(7-9-16)20(23)24/h3-10,13H,11H2,1-2H3,(H,19,22)/t13-/m1/s1. The number of nitro benzene ring substituents is 1. The molecule has 26 heavy (non-hydrogen) atoms. The summed E-state index contributed by atoms with van der Waals surface area (Å²) in [5, 5.41) is 13.3. The number of carbonyl (C=O) groups is 2. The Morgan fingerprint density at radius 3 is 2.54 bits per heavy atom. The van der Waals surface area contributed by atoms with Crippen LogP contribution in [-0.2, 0) is 14.3 Å². The third-order valence-electron chi connectivity index (χ3n) is 3.37. The Bertz CT molecular complexity index is 807. The Labute approximate surface area is 154 Å². The van der Waals surface area contributed by atoms with Crippen molar-refractivity contribution in [2.75, 3.05) is 11.1 Å². The normalized spacial score (nSPS) is 11.5. The molecule has 136 valence electrons. The highest BCUT2D eigenvalue weighted by Gasteiger charge is 2.18. The highest BCUT2D eigenvalue weighted by Crippen LogP contribution is 2.21. The summed E-state index contributed by atoms with van der Waals surface area (Å²) in [5.41, 5.74) is 1.63. The van der Waals surface area contributed by atoms with Crippen LogP contribution in [0.3, 0.4) is 0 Å². The first-order valence-electron chi connectivity index (χ1n) is 7.79. The molecule has 0 heterocycles. The minimum Gasteiger partial charge on any atom is -0.452 e. The molecule has 2 aromatic carbocycles. The van der Waals surface area contributed by atoms with Crippen molar-refractivity contribution in [2.45, 2.75) is 24.8 Å². The number of carbonyl (C=O) groups excluding carboxylic acids is 2. The van der Waals surface area contributed by atoms with Gasteiger partial charge in [-0.05, 0) is 43.7 Å². The highest BCUT2D eigenvalue weighted by atomic mass is 32.2.